The summed E-state index contributed by atoms with van der Waals surface area (Å²) in [6, 6.07) is 11.7. The Hall–Kier alpha value is -2.68. The fourth-order valence-electron chi connectivity index (χ4n) is 2.24. The molecular formula is C16H19N5O. The van der Waals surface area contributed by atoms with Crippen LogP contribution in [0.15, 0.2) is 36.7 Å². The van der Waals surface area contributed by atoms with E-state index in [1.807, 2.05) is 36.4 Å². The third-order valence-corrected chi connectivity index (χ3v) is 3.19. The second-order valence-electron chi connectivity index (χ2n) is 5.54. The second-order valence-corrected chi connectivity index (χ2v) is 5.54. The van der Waals surface area contributed by atoms with Crippen LogP contribution in [0, 0.1) is 17.2 Å². The van der Waals surface area contributed by atoms with Gasteiger partial charge in [-0.1, -0.05) is 44.2 Å². The van der Waals surface area contributed by atoms with Crippen LogP contribution in [0.1, 0.15) is 37.7 Å². The average molecular weight is 297 g/mol. The standard InChI is InChI=1S/C16H19N5O/c1-12(2)8-14(13-6-4-3-5-7-13)19-16(22)10-21-11-18-15(9-17)20-21/h3-7,11-12,14H,8,10H2,1-2H3,(H,19,22)/t14-/m0/s1. The first-order valence-corrected chi connectivity index (χ1v) is 7.22. The number of aromatic nitrogens is 3. The fraction of sp³-hybridized carbons (Fsp3) is 0.375. The maximum atomic E-state index is 12.2. The second kappa shape index (κ2) is 7.36. The topological polar surface area (TPSA) is 83.6 Å². The summed E-state index contributed by atoms with van der Waals surface area (Å²) in [6.45, 7) is 4.30. The number of nitrogens with one attached hydrogen (secondary N) is 1. The van der Waals surface area contributed by atoms with Crippen molar-refractivity contribution in [2.45, 2.75) is 32.9 Å². The molecular weight excluding hydrogens is 278 g/mol. The molecule has 0 saturated heterocycles. The van der Waals surface area contributed by atoms with E-state index in [4.69, 9.17) is 5.26 Å². The van der Waals surface area contributed by atoms with Crippen molar-refractivity contribution in [3.8, 4) is 6.07 Å². The van der Waals surface area contributed by atoms with Gasteiger partial charge in [-0.25, -0.2) is 9.67 Å². The molecule has 1 atom stereocenters. The number of carbonyl (C=O) groups is 1. The van der Waals surface area contributed by atoms with Crippen molar-refractivity contribution < 1.29 is 4.79 Å². The summed E-state index contributed by atoms with van der Waals surface area (Å²) in [5.74, 6) is 0.376. The molecule has 0 fully saturated rings. The molecule has 114 valence electrons. The van der Waals surface area contributed by atoms with E-state index in [2.05, 4.69) is 29.2 Å². The van der Waals surface area contributed by atoms with Crippen molar-refractivity contribution in [2.24, 2.45) is 5.92 Å². The predicted octanol–water partition coefficient (Wildman–Crippen LogP) is 2.05. The van der Waals surface area contributed by atoms with E-state index < -0.39 is 0 Å². The van der Waals surface area contributed by atoms with Crippen LogP contribution >= 0.6 is 0 Å². The van der Waals surface area contributed by atoms with Crippen molar-refractivity contribution in [3.63, 3.8) is 0 Å². The summed E-state index contributed by atoms with van der Waals surface area (Å²) in [5, 5.41) is 15.6. The maximum Gasteiger partial charge on any atom is 0.252 e. The van der Waals surface area contributed by atoms with Crippen LogP contribution < -0.4 is 5.32 Å². The lowest BCUT2D eigenvalue weighted by atomic mass is 9.97. The number of amides is 1. The summed E-state index contributed by atoms with van der Waals surface area (Å²) >= 11 is 0. The van der Waals surface area contributed by atoms with Crippen LogP contribution in [0.25, 0.3) is 0 Å². The highest BCUT2D eigenvalue weighted by Gasteiger charge is 2.16. The third kappa shape index (κ3) is 4.42. The Kier molecular flexibility index (Phi) is 5.26. The van der Waals surface area contributed by atoms with E-state index in [1.165, 1.54) is 11.0 Å². The van der Waals surface area contributed by atoms with Crippen molar-refractivity contribution in [3.05, 3.63) is 48.0 Å². The number of benzene rings is 1. The first kappa shape index (κ1) is 15.7. The van der Waals surface area contributed by atoms with Crippen molar-refractivity contribution in [2.75, 3.05) is 0 Å². The molecule has 6 nitrogen and oxygen atoms in total. The van der Waals surface area contributed by atoms with Gasteiger partial charge in [0.2, 0.25) is 5.91 Å². The van der Waals surface area contributed by atoms with E-state index in [9.17, 15) is 4.79 Å². The Balaban J connectivity index is 2.03. The lowest BCUT2D eigenvalue weighted by Crippen LogP contribution is -2.32. The van der Waals surface area contributed by atoms with Crippen LogP contribution in [0.3, 0.4) is 0 Å². The zero-order chi connectivity index (χ0) is 15.9. The van der Waals surface area contributed by atoms with Crippen molar-refractivity contribution >= 4 is 5.91 Å². The first-order valence-electron chi connectivity index (χ1n) is 7.22. The highest BCUT2D eigenvalue weighted by Crippen LogP contribution is 2.20. The number of hydrogen-bond donors (Lipinski definition) is 1. The lowest BCUT2D eigenvalue weighted by Gasteiger charge is -2.21. The minimum atomic E-state index is -0.149. The Bertz CT molecular complexity index is 657. The number of nitriles is 1. The first-order chi connectivity index (χ1) is 10.6. The molecule has 0 saturated carbocycles. The van der Waals surface area contributed by atoms with Crippen molar-refractivity contribution in [1.82, 2.24) is 20.1 Å². The van der Waals surface area contributed by atoms with Gasteiger partial charge in [-0.2, -0.15) is 5.26 Å². The van der Waals surface area contributed by atoms with Gasteiger partial charge in [-0.05, 0) is 17.9 Å². The molecule has 1 aromatic heterocycles. The van der Waals surface area contributed by atoms with Gasteiger partial charge in [0, 0.05) is 0 Å². The van der Waals surface area contributed by atoms with Crippen LogP contribution in [-0.2, 0) is 11.3 Å². The van der Waals surface area contributed by atoms with Gasteiger partial charge < -0.3 is 5.32 Å². The van der Waals surface area contributed by atoms with Gasteiger partial charge in [0.1, 0.15) is 18.9 Å². The van der Waals surface area contributed by atoms with Gasteiger partial charge in [0.25, 0.3) is 5.82 Å². The third-order valence-electron chi connectivity index (χ3n) is 3.19. The molecule has 1 aromatic carbocycles. The quantitative estimate of drug-likeness (QED) is 0.884. The minimum absolute atomic E-state index is 0.0346. The average Bonchev–Trinajstić information content (AvgIpc) is 2.94. The lowest BCUT2D eigenvalue weighted by molar-refractivity contribution is -0.122. The van der Waals surface area contributed by atoms with Gasteiger partial charge in [-0.15, -0.1) is 5.10 Å². The fourth-order valence-corrected chi connectivity index (χ4v) is 2.24. The largest absolute Gasteiger partial charge is 0.348 e. The molecule has 0 aliphatic heterocycles. The predicted molar refractivity (Wildman–Crippen MR) is 81.5 cm³/mol. The SMILES string of the molecule is CC(C)C[C@H](NC(=O)Cn1cnc(C#N)n1)c1ccccc1. The van der Waals surface area contributed by atoms with Gasteiger partial charge in [0.05, 0.1) is 6.04 Å². The molecule has 0 aliphatic rings. The maximum absolute atomic E-state index is 12.2. The van der Waals surface area contributed by atoms with E-state index in [1.54, 1.807) is 0 Å². The molecule has 22 heavy (non-hydrogen) atoms. The Morgan fingerprint density at radius 1 is 1.36 bits per heavy atom. The summed E-state index contributed by atoms with van der Waals surface area (Å²) in [5.41, 5.74) is 1.08. The molecule has 1 heterocycles. The van der Waals surface area contributed by atoms with Crippen LogP contribution in [-0.4, -0.2) is 20.7 Å². The molecule has 0 radical (unpaired) electrons. The van der Waals surface area contributed by atoms with Crippen LogP contribution in [0.2, 0.25) is 0 Å². The highest BCUT2D eigenvalue weighted by molar-refractivity contribution is 5.76. The molecule has 1 N–H and O–H groups in total. The Labute approximate surface area is 129 Å². The summed E-state index contributed by atoms with van der Waals surface area (Å²) < 4.78 is 1.37. The Morgan fingerprint density at radius 2 is 2.09 bits per heavy atom. The molecule has 6 heteroatoms. The summed E-state index contributed by atoms with van der Waals surface area (Å²) in [7, 11) is 0. The number of rotatable bonds is 6. The molecule has 2 aromatic rings. The van der Waals surface area contributed by atoms with Crippen LogP contribution in [0.4, 0.5) is 0 Å². The van der Waals surface area contributed by atoms with E-state index >= 15 is 0 Å². The van der Waals surface area contributed by atoms with Gasteiger partial charge in [-0.3, -0.25) is 4.79 Å². The normalized spacial score (nSPS) is 11.9. The van der Waals surface area contributed by atoms with E-state index in [-0.39, 0.29) is 24.3 Å². The van der Waals surface area contributed by atoms with Crippen molar-refractivity contribution in [1.29, 1.82) is 5.26 Å². The molecule has 0 aliphatic carbocycles. The highest BCUT2D eigenvalue weighted by atomic mass is 16.2. The zero-order valence-corrected chi connectivity index (χ0v) is 12.7. The smallest absolute Gasteiger partial charge is 0.252 e. The molecule has 0 spiro atoms. The van der Waals surface area contributed by atoms with Gasteiger partial charge in [0.15, 0.2) is 0 Å². The number of nitrogens with zero attached hydrogens (tertiary/aromatic N) is 4. The molecule has 1 amide bonds. The number of hydrogen-bond acceptors (Lipinski definition) is 4. The van der Waals surface area contributed by atoms with E-state index in [0.717, 1.165) is 12.0 Å². The monoisotopic (exact) mass is 297 g/mol. The number of carbonyl (C=O) groups excluding carboxylic acids is 1. The van der Waals surface area contributed by atoms with Crippen LogP contribution in [0.5, 0.6) is 0 Å². The minimum Gasteiger partial charge on any atom is -0.348 e. The zero-order valence-electron chi connectivity index (χ0n) is 12.7. The van der Waals surface area contributed by atoms with Gasteiger partial charge >= 0.3 is 0 Å². The summed E-state index contributed by atoms with van der Waals surface area (Å²) in [6.07, 6.45) is 2.24. The summed E-state index contributed by atoms with van der Waals surface area (Å²) in [4.78, 5) is 16.0. The van der Waals surface area contributed by atoms with E-state index in [0.29, 0.717) is 5.92 Å². The Morgan fingerprint density at radius 3 is 2.68 bits per heavy atom. The molecule has 2 rings (SSSR count). The molecule has 0 unspecified atom stereocenters. The molecule has 0 bridgehead atoms.